The lowest BCUT2D eigenvalue weighted by molar-refractivity contribution is -0.127. The highest BCUT2D eigenvalue weighted by Crippen LogP contribution is 2.35. The van der Waals surface area contributed by atoms with Crippen LogP contribution < -0.4 is 14.8 Å². The number of nitrogens with zero attached hydrogens (tertiary/aromatic N) is 1. The molecule has 0 atom stereocenters. The fourth-order valence-electron chi connectivity index (χ4n) is 3.09. The Morgan fingerprint density at radius 3 is 2.65 bits per heavy atom. The monoisotopic (exact) mass is 500 g/mol. The maximum Gasteiger partial charge on any atom is 0.294 e. The Bertz CT molecular complexity index is 1100. The molecule has 0 saturated carbocycles. The zero-order valence-electron chi connectivity index (χ0n) is 19.6. The van der Waals surface area contributed by atoms with Crippen molar-refractivity contribution in [3.8, 4) is 11.5 Å². The molecule has 9 heteroatoms. The second kappa shape index (κ2) is 12.0. The van der Waals surface area contributed by atoms with Crippen molar-refractivity contribution < 1.29 is 23.9 Å². The Kier molecular flexibility index (Phi) is 9.06. The number of anilines is 1. The molecular weight excluding hydrogens is 472 g/mol. The molecule has 1 aliphatic rings. The number of hydrogen-bond donors (Lipinski definition) is 1. The SMILES string of the molecule is CCOc1cc(/C=C2\SC(=O)N(CC(=O)Nc3cccc(SC)c3)C2=O)ccc1OCC(C)C. The third kappa shape index (κ3) is 6.80. The number of nitrogens with one attached hydrogen (secondary N) is 1. The first-order chi connectivity index (χ1) is 16.3. The predicted octanol–water partition coefficient (Wildman–Crippen LogP) is 5.52. The van der Waals surface area contributed by atoms with Crippen molar-refractivity contribution in [1.82, 2.24) is 4.90 Å². The van der Waals surface area contributed by atoms with Crippen LogP contribution in [-0.4, -0.2) is 48.0 Å². The fraction of sp³-hybridized carbons (Fsp3) is 0.320. The zero-order valence-corrected chi connectivity index (χ0v) is 21.3. The van der Waals surface area contributed by atoms with E-state index in [0.717, 1.165) is 21.6 Å². The maximum absolute atomic E-state index is 12.8. The van der Waals surface area contributed by atoms with Crippen LogP contribution in [0.1, 0.15) is 26.3 Å². The van der Waals surface area contributed by atoms with Crippen LogP contribution in [-0.2, 0) is 9.59 Å². The lowest BCUT2D eigenvalue weighted by Gasteiger charge is -2.14. The van der Waals surface area contributed by atoms with Crippen LogP contribution >= 0.6 is 23.5 Å². The summed E-state index contributed by atoms with van der Waals surface area (Å²) in [5, 5.41) is 2.26. The largest absolute Gasteiger partial charge is 0.490 e. The highest BCUT2D eigenvalue weighted by Gasteiger charge is 2.36. The number of hydrogen-bond acceptors (Lipinski definition) is 7. The van der Waals surface area contributed by atoms with Crippen LogP contribution in [0.3, 0.4) is 0 Å². The molecule has 0 aromatic heterocycles. The summed E-state index contributed by atoms with van der Waals surface area (Å²) in [5.74, 6) is 0.631. The quantitative estimate of drug-likeness (QED) is 0.340. The maximum atomic E-state index is 12.8. The Morgan fingerprint density at radius 1 is 1.15 bits per heavy atom. The molecular formula is C25H28N2O5S2. The molecule has 0 spiro atoms. The van der Waals surface area contributed by atoms with Gasteiger partial charge in [-0.25, -0.2) is 0 Å². The van der Waals surface area contributed by atoms with Gasteiger partial charge in [-0.2, -0.15) is 0 Å². The van der Waals surface area contributed by atoms with E-state index < -0.39 is 17.1 Å². The molecule has 0 bridgehead atoms. The highest BCUT2D eigenvalue weighted by atomic mass is 32.2. The second-order valence-corrected chi connectivity index (χ2v) is 9.76. The van der Waals surface area contributed by atoms with Crippen molar-refractivity contribution >= 4 is 52.3 Å². The number of ether oxygens (including phenoxy) is 2. The number of carbonyl (C=O) groups is 3. The minimum Gasteiger partial charge on any atom is -0.490 e. The number of benzene rings is 2. The zero-order chi connectivity index (χ0) is 24.7. The van der Waals surface area contributed by atoms with Gasteiger partial charge < -0.3 is 14.8 Å². The minimum absolute atomic E-state index is 0.250. The van der Waals surface area contributed by atoms with Crippen LogP contribution in [0.4, 0.5) is 10.5 Å². The molecule has 34 heavy (non-hydrogen) atoms. The van der Waals surface area contributed by atoms with Gasteiger partial charge in [-0.3, -0.25) is 19.3 Å². The van der Waals surface area contributed by atoms with Gasteiger partial charge in [0, 0.05) is 10.6 Å². The van der Waals surface area contributed by atoms with E-state index in [0.29, 0.717) is 41.9 Å². The summed E-state index contributed by atoms with van der Waals surface area (Å²) in [6.07, 6.45) is 3.57. The standard InChI is InChI=1S/C25H28N2O5S2/c1-5-31-21-11-17(9-10-20(21)32-15-16(2)3)12-22-24(29)27(25(30)34-22)14-23(28)26-18-7-6-8-19(13-18)33-4/h6-13,16H,5,14-15H2,1-4H3,(H,26,28)/b22-12-. The van der Waals surface area contributed by atoms with Crippen molar-refractivity contribution in [2.24, 2.45) is 5.92 Å². The molecule has 1 N–H and O–H groups in total. The van der Waals surface area contributed by atoms with Crippen LogP contribution in [0.5, 0.6) is 11.5 Å². The average molecular weight is 501 g/mol. The second-order valence-electron chi connectivity index (χ2n) is 7.89. The molecule has 1 heterocycles. The van der Waals surface area contributed by atoms with Crippen molar-refractivity contribution in [2.45, 2.75) is 25.7 Å². The van der Waals surface area contributed by atoms with Gasteiger partial charge in [0.25, 0.3) is 11.1 Å². The molecule has 180 valence electrons. The third-order valence-electron chi connectivity index (χ3n) is 4.67. The molecule has 3 amide bonds. The molecule has 0 unspecified atom stereocenters. The van der Waals surface area contributed by atoms with E-state index in [1.54, 1.807) is 42.1 Å². The number of thioether (sulfide) groups is 2. The first kappa shape index (κ1) is 25.7. The summed E-state index contributed by atoms with van der Waals surface area (Å²) >= 11 is 2.37. The normalized spacial score (nSPS) is 14.7. The molecule has 0 aliphatic carbocycles. The molecule has 7 nitrogen and oxygen atoms in total. The topological polar surface area (TPSA) is 84.9 Å². The Balaban J connectivity index is 1.71. The van der Waals surface area contributed by atoms with Gasteiger partial charge in [-0.1, -0.05) is 26.0 Å². The number of imide groups is 1. The summed E-state index contributed by atoms with van der Waals surface area (Å²) in [5.41, 5.74) is 1.31. The fourth-order valence-corrected chi connectivity index (χ4v) is 4.39. The van der Waals surface area contributed by atoms with Crippen molar-refractivity contribution in [1.29, 1.82) is 0 Å². The minimum atomic E-state index is -0.499. The molecule has 1 fully saturated rings. The van der Waals surface area contributed by atoms with E-state index in [9.17, 15) is 14.4 Å². The van der Waals surface area contributed by atoms with Crippen molar-refractivity contribution in [2.75, 3.05) is 31.3 Å². The van der Waals surface area contributed by atoms with Gasteiger partial charge >= 0.3 is 0 Å². The number of amides is 3. The number of carbonyl (C=O) groups excluding carboxylic acids is 3. The van der Waals surface area contributed by atoms with Gasteiger partial charge in [0.1, 0.15) is 6.54 Å². The molecule has 1 aliphatic heterocycles. The van der Waals surface area contributed by atoms with E-state index in [2.05, 4.69) is 19.2 Å². The average Bonchev–Trinajstić information content (AvgIpc) is 3.06. The van der Waals surface area contributed by atoms with Crippen LogP contribution in [0.15, 0.2) is 52.3 Å². The highest BCUT2D eigenvalue weighted by molar-refractivity contribution is 8.18. The first-order valence-corrected chi connectivity index (χ1v) is 12.9. The van der Waals surface area contributed by atoms with Crippen molar-refractivity contribution in [3.05, 3.63) is 52.9 Å². The van der Waals surface area contributed by atoms with Crippen LogP contribution in [0.25, 0.3) is 6.08 Å². The van der Waals surface area contributed by atoms with Crippen LogP contribution in [0, 0.1) is 5.92 Å². The van der Waals surface area contributed by atoms with Gasteiger partial charge in [-0.05, 0) is 72.8 Å². The first-order valence-electron chi connectivity index (χ1n) is 10.9. The molecule has 3 rings (SSSR count). The summed E-state index contributed by atoms with van der Waals surface area (Å²) in [6.45, 7) is 6.68. The molecule has 2 aromatic rings. The molecule has 0 radical (unpaired) electrons. The van der Waals surface area contributed by atoms with Gasteiger partial charge in [0.2, 0.25) is 5.91 Å². The van der Waals surface area contributed by atoms with Gasteiger partial charge in [-0.15, -0.1) is 11.8 Å². The summed E-state index contributed by atoms with van der Waals surface area (Å²) < 4.78 is 11.5. The Morgan fingerprint density at radius 2 is 1.94 bits per heavy atom. The Hall–Kier alpha value is -2.91. The lowest BCUT2D eigenvalue weighted by Crippen LogP contribution is -2.36. The van der Waals surface area contributed by atoms with E-state index in [1.807, 2.05) is 31.4 Å². The van der Waals surface area contributed by atoms with E-state index >= 15 is 0 Å². The van der Waals surface area contributed by atoms with E-state index in [4.69, 9.17) is 9.47 Å². The summed E-state index contributed by atoms with van der Waals surface area (Å²) in [6, 6.07) is 12.7. The van der Waals surface area contributed by atoms with E-state index in [1.165, 1.54) is 0 Å². The Labute approximate surface area is 208 Å². The summed E-state index contributed by atoms with van der Waals surface area (Å²) in [7, 11) is 0. The summed E-state index contributed by atoms with van der Waals surface area (Å²) in [4.78, 5) is 40.0. The smallest absolute Gasteiger partial charge is 0.294 e. The molecule has 1 saturated heterocycles. The van der Waals surface area contributed by atoms with Gasteiger partial charge in [0.15, 0.2) is 11.5 Å². The van der Waals surface area contributed by atoms with Crippen LogP contribution in [0.2, 0.25) is 0 Å². The third-order valence-corrected chi connectivity index (χ3v) is 6.30. The predicted molar refractivity (Wildman–Crippen MR) is 137 cm³/mol. The molecule has 2 aromatic carbocycles. The lowest BCUT2D eigenvalue weighted by atomic mass is 10.1. The van der Waals surface area contributed by atoms with E-state index in [-0.39, 0.29) is 11.4 Å². The van der Waals surface area contributed by atoms with Gasteiger partial charge in [0.05, 0.1) is 18.1 Å². The number of rotatable bonds is 10. The van der Waals surface area contributed by atoms with Crippen molar-refractivity contribution in [3.63, 3.8) is 0 Å².